The lowest BCUT2D eigenvalue weighted by molar-refractivity contribution is -0.137. The second kappa shape index (κ2) is 10.3. The minimum atomic E-state index is -4.41. The summed E-state index contributed by atoms with van der Waals surface area (Å²) in [7, 11) is 0. The second-order valence-corrected chi connectivity index (χ2v) is 9.66. The minimum absolute atomic E-state index is 0.0921. The van der Waals surface area contributed by atoms with Gasteiger partial charge in [-0.2, -0.15) is 13.2 Å². The molecule has 1 fully saturated rings. The van der Waals surface area contributed by atoms with Crippen LogP contribution >= 0.6 is 0 Å². The van der Waals surface area contributed by atoms with Crippen molar-refractivity contribution >= 4 is 11.6 Å². The fraction of sp³-hybridized carbons (Fsp3) is 0.345. The van der Waals surface area contributed by atoms with E-state index < -0.39 is 17.7 Å². The first-order valence-corrected chi connectivity index (χ1v) is 12.4. The maximum Gasteiger partial charge on any atom is 0.416 e. The third-order valence-electron chi connectivity index (χ3n) is 7.26. The fourth-order valence-corrected chi connectivity index (χ4v) is 5.45. The summed E-state index contributed by atoms with van der Waals surface area (Å²) in [6.45, 7) is 3.42. The van der Waals surface area contributed by atoms with Gasteiger partial charge in [0, 0.05) is 38.4 Å². The van der Waals surface area contributed by atoms with Crippen LogP contribution in [0.25, 0.3) is 0 Å². The molecule has 0 aromatic heterocycles. The Balaban J connectivity index is 1.36. The summed E-state index contributed by atoms with van der Waals surface area (Å²) in [4.78, 5) is 17.9. The molecule has 7 heteroatoms. The van der Waals surface area contributed by atoms with Crippen LogP contribution in [0.1, 0.15) is 22.3 Å². The number of benzene rings is 3. The van der Waals surface area contributed by atoms with Crippen molar-refractivity contribution in [3.63, 3.8) is 0 Å². The average molecular weight is 494 g/mol. The molecule has 2 aliphatic rings. The minimum Gasteiger partial charge on any atom is -0.365 e. The van der Waals surface area contributed by atoms with Crippen LogP contribution < -0.4 is 10.2 Å². The van der Waals surface area contributed by atoms with Gasteiger partial charge >= 0.3 is 6.18 Å². The summed E-state index contributed by atoms with van der Waals surface area (Å²) < 4.78 is 40.3. The van der Waals surface area contributed by atoms with Crippen molar-refractivity contribution in [3.8, 4) is 0 Å². The molecule has 2 heterocycles. The van der Waals surface area contributed by atoms with E-state index in [2.05, 4.69) is 27.2 Å². The lowest BCUT2D eigenvalue weighted by Gasteiger charge is -2.49. The van der Waals surface area contributed by atoms with Gasteiger partial charge in [0.15, 0.2) is 0 Å². The molecule has 0 bridgehead atoms. The number of nitrogens with zero attached hydrogens (tertiary/aromatic N) is 2. The molecule has 188 valence electrons. The van der Waals surface area contributed by atoms with E-state index in [4.69, 9.17) is 0 Å². The zero-order valence-electron chi connectivity index (χ0n) is 20.0. The molecule has 2 unspecified atom stereocenters. The Hall–Kier alpha value is -3.32. The van der Waals surface area contributed by atoms with Crippen molar-refractivity contribution in [2.45, 2.75) is 31.6 Å². The van der Waals surface area contributed by atoms with Gasteiger partial charge in [-0.1, -0.05) is 60.7 Å². The Morgan fingerprint density at radius 3 is 2.31 bits per heavy atom. The Kier molecular flexibility index (Phi) is 7.01. The van der Waals surface area contributed by atoms with E-state index in [1.807, 2.05) is 48.5 Å². The molecule has 0 aliphatic carbocycles. The molecular formula is C29H30F3N3O. The molecule has 1 N–H and O–H groups in total. The van der Waals surface area contributed by atoms with Gasteiger partial charge in [0.05, 0.1) is 17.5 Å². The van der Waals surface area contributed by atoms with E-state index in [1.54, 1.807) is 6.07 Å². The van der Waals surface area contributed by atoms with Crippen LogP contribution in [-0.2, 0) is 30.4 Å². The highest BCUT2D eigenvalue weighted by Crippen LogP contribution is 2.40. The zero-order valence-corrected chi connectivity index (χ0v) is 20.0. The lowest BCUT2D eigenvalue weighted by Crippen LogP contribution is -2.61. The molecule has 1 amide bonds. The number of anilines is 1. The molecule has 3 aromatic rings. The topological polar surface area (TPSA) is 35.6 Å². The van der Waals surface area contributed by atoms with Gasteiger partial charge in [-0.25, -0.2) is 0 Å². The molecule has 3 aromatic carbocycles. The van der Waals surface area contributed by atoms with Crippen LogP contribution in [0.2, 0.25) is 0 Å². The molecule has 0 spiro atoms. The maximum atomic E-state index is 13.4. The highest BCUT2D eigenvalue weighted by atomic mass is 19.4. The number of carbonyl (C=O) groups is 1. The van der Waals surface area contributed by atoms with Gasteiger partial charge in [0.1, 0.15) is 0 Å². The molecule has 4 nitrogen and oxygen atoms in total. The van der Waals surface area contributed by atoms with Crippen molar-refractivity contribution < 1.29 is 18.0 Å². The SMILES string of the molecule is O=C(NCCc1ccccc1)C1Cc2cc(C(F)(F)F)ccc2N2CCN(Cc3ccccc3)CC12. The summed E-state index contributed by atoms with van der Waals surface area (Å²) in [5.41, 5.74) is 3.10. The summed E-state index contributed by atoms with van der Waals surface area (Å²) in [5.74, 6) is -0.513. The molecule has 36 heavy (non-hydrogen) atoms. The number of piperazine rings is 1. The van der Waals surface area contributed by atoms with Gasteiger partial charge in [0.25, 0.3) is 0 Å². The first kappa shape index (κ1) is 24.4. The molecule has 0 saturated carbocycles. The molecule has 2 aliphatic heterocycles. The van der Waals surface area contributed by atoms with Gasteiger partial charge in [0.2, 0.25) is 5.91 Å². The number of nitrogens with one attached hydrogen (secondary N) is 1. The number of rotatable bonds is 6. The number of amides is 1. The molecule has 2 atom stereocenters. The number of hydrogen-bond acceptors (Lipinski definition) is 3. The Morgan fingerprint density at radius 2 is 1.61 bits per heavy atom. The van der Waals surface area contributed by atoms with E-state index in [0.717, 1.165) is 30.4 Å². The number of alkyl halides is 3. The van der Waals surface area contributed by atoms with Gasteiger partial charge in [-0.15, -0.1) is 0 Å². The normalized spacial score (nSPS) is 19.9. The quantitative estimate of drug-likeness (QED) is 0.529. The smallest absolute Gasteiger partial charge is 0.365 e. The Labute approximate surface area is 209 Å². The molecule has 1 saturated heterocycles. The van der Waals surface area contributed by atoms with Crippen molar-refractivity contribution in [1.29, 1.82) is 0 Å². The Bertz CT molecular complexity index is 1180. The first-order chi connectivity index (χ1) is 17.4. The molecular weight excluding hydrogens is 463 g/mol. The van der Waals surface area contributed by atoms with Crippen molar-refractivity contribution in [1.82, 2.24) is 10.2 Å². The molecule has 0 radical (unpaired) electrons. The summed E-state index contributed by atoms with van der Waals surface area (Å²) in [6, 6.07) is 24.0. The number of carbonyl (C=O) groups excluding carboxylic acids is 1. The van der Waals surface area contributed by atoms with Crippen LogP contribution in [0, 0.1) is 5.92 Å². The van der Waals surface area contributed by atoms with E-state index in [1.165, 1.54) is 11.6 Å². The average Bonchev–Trinajstić information content (AvgIpc) is 2.88. The van der Waals surface area contributed by atoms with Crippen LogP contribution in [0.15, 0.2) is 78.9 Å². The van der Waals surface area contributed by atoms with Gasteiger partial charge < -0.3 is 10.2 Å². The van der Waals surface area contributed by atoms with E-state index in [9.17, 15) is 18.0 Å². The fourth-order valence-electron chi connectivity index (χ4n) is 5.45. The standard InChI is InChI=1S/C29H30F3N3O/c30-29(31,32)24-11-12-26-23(17-24)18-25(28(36)33-14-13-21-7-3-1-4-8-21)27-20-34(15-16-35(26)27)19-22-9-5-2-6-10-22/h1-12,17,25,27H,13-16,18-20H2,(H,33,36). The highest BCUT2D eigenvalue weighted by molar-refractivity contribution is 5.82. The van der Waals surface area contributed by atoms with Crippen LogP contribution in [0.5, 0.6) is 0 Å². The maximum absolute atomic E-state index is 13.4. The summed E-state index contributed by atoms with van der Waals surface area (Å²) in [5, 5.41) is 3.07. The van der Waals surface area contributed by atoms with Gasteiger partial charge in [-0.3, -0.25) is 9.69 Å². The first-order valence-electron chi connectivity index (χ1n) is 12.4. The van der Waals surface area contributed by atoms with Crippen molar-refractivity contribution in [2.75, 3.05) is 31.1 Å². The van der Waals surface area contributed by atoms with Crippen LogP contribution in [0.4, 0.5) is 18.9 Å². The molecule has 5 rings (SSSR count). The summed E-state index contributed by atoms with van der Waals surface area (Å²) >= 11 is 0. The largest absolute Gasteiger partial charge is 0.416 e. The highest BCUT2D eigenvalue weighted by Gasteiger charge is 2.42. The van der Waals surface area contributed by atoms with Crippen LogP contribution in [0.3, 0.4) is 0 Å². The lowest BCUT2D eigenvalue weighted by atomic mass is 9.82. The number of hydrogen-bond donors (Lipinski definition) is 1. The summed E-state index contributed by atoms with van der Waals surface area (Å²) in [6.07, 6.45) is -3.40. The predicted molar refractivity (Wildman–Crippen MR) is 135 cm³/mol. The number of fused-ring (bicyclic) bond motifs is 3. The number of halogens is 3. The second-order valence-electron chi connectivity index (χ2n) is 9.66. The monoisotopic (exact) mass is 493 g/mol. The third kappa shape index (κ3) is 5.41. The van der Waals surface area contributed by atoms with Crippen molar-refractivity contribution in [2.24, 2.45) is 5.92 Å². The van der Waals surface area contributed by atoms with Crippen LogP contribution in [-0.4, -0.2) is 43.0 Å². The Morgan fingerprint density at radius 1 is 0.917 bits per heavy atom. The van der Waals surface area contributed by atoms with E-state index >= 15 is 0 Å². The zero-order chi connectivity index (χ0) is 25.1. The van der Waals surface area contributed by atoms with Gasteiger partial charge in [-0.05, 0) is 47.7 Å². The van der Waals surface area contributed by atoms with E-state index in [-0.39, 0.29) is 11.9 Å². The third-order valence-corrected chi connectivity index (χ3v) is 7.26. The van der Waals surface area contributed by atoms with Crippen molar-refractivity contribution in [3.05, 3.63) is 101 Å². The van der Waals surface area contributed by atoms with E-state index in [0.29, 0.717) is 38.0 Å². The predicted octanol–water partition coefficient (Wildman–Crippen LogP) is 4.93.